The van der Waals surface area contributed by atoms with Gasteiger partial charge in [-0.25, -0.2) is 17.2 Å². The normalized spacial score (nSPS) is 12.5. The van der Waals surface area contributed by atoms with Gasteiger partial charge < -0.3 is 5.32 Å². The van der Waals surface area contributed by atoms with Gasteiger partial charge in [0.25, 0.3) is 15.9 Å². The second-order valence-electron chi connectivity index (χ2n) is 5.51. The number of rotatable bonds is 6. The van der Waals surface area contributed by atoms with Crippen LogP contribution in [-0.2, 0) is 10.0 Å². The summed E-state index contributed by atoms with van der Waals surface area (Å²) in [4.78, 5) is 11.6. The minimum atomic E-state index is -4.32. The number of hydrogen-bond acceptors (Lipinski definition) is 3. The van der Waals surface area contributed by atoms with E-state index in [-0.39, 0.29) is 17.3 Å². The zero-order valence-electron chi connectivity index (χ0n) is 13.7. The molecule has 0 aromatic heterocycles. The molecule has 0 saturated heterocycles. The number of benzene rings is 2. The highest BCUT2D eigenvalue weighted by molar-refractivity contribution is 7.92. The van der Waals surface area contributed by atoms with Crippen molar-refractivity contribution in [2.75, 3.05) is 4.72 Å². The molecule has 25 heavy (non-hydrogen) atoms. The largest absolute Gasteiger partial charge is 0.350 e. The third kappa shape index (κ3) is 4.54. The quantitative estimate of drug-likeness (QED) is 0.822. The molecule has 0 aliphatic carbocycles. The summed E-state index contributed by atoms with van der Waals surface area (Å²) in [5.74, 6) is -2.55. The van der Waals surface area contributed by atoms with Crippen LogP contribution in [0.4, 0.5) is 14.5 Å². The smallest absolute Gasteiger partial charge is 0.264 e. The number of hydrogen-bond donors (Lipinski definition) is 2. The maximum atomic E-state index is 13.8. The zero-order chi connectivity index (χ0) is 18.6. The lowest BCUT2D eigenvalue weighted by atomic mass is 10.1. The summed E-state index contributed by atoms with van der Waals surface area (Å²) in [6, 6.07) is 8.04. The topological polar surface area (TPSA) is 75.3 Å². The molecule has 2 aromatic rings. The Morgan fingerprint density at radius 3 is 2.48 bits per heavy atom. The van der Waals surface area contributed by atoms with E-state index >= 15 is 0 Å². The summed E-state index contributed by atoms with van der Waals surface area (Å²) < 4.78 is 53.7. The highest BCUT2D eigenvalue weighted by Crippen LogP contribution is 2.22. The van der Waals surface area contributed by atoms with Gasteiger partial charge in [0.1, 0.15) is 16.5 Å². The summed E-state index contributed by atoms with van der Waals surface area (Å²) in [6.07, 6.45) is 0.709. The first-order chi connectivity index (χ1) is 11.7. The minimum absolute atomic E-state index is 0.00651. The molecule has 0 aliphatic rings. The number of halogens is 2. The SMILES string of the molecule is CCC(C)NC(=O)c1ccccc1NS(=O)(=O)c1ccc(F)cc1F. The molecule has 5 nitrogen and oxygen atoms in total. The number of nitrogens with one attached hydrogen (secondary N) is 2. The molecule has 1 amide bonds. The first kappa shape index (κ1) is 18.9. The van der Waals surface area contributed by atoms with Crippen LogP contribution in [-0.4, -0.2) is 20.4 Å². The lowest BCUT2D eigenvalue weighted by Crippen LogP contribution is -2.32. The molecule has 2 rings (SSSR count). The predicted octanol–water partition coefficient (Wildman–Crippen LogP) is 3.29. The predicted molar refractivity (Wildman–Crippen MR) is 90.8 cm³/mol. The summed E-state index contributed by atoms with van der Waals surface area (Å²) >= 11 is 0. The average molecular weight is 368 g/mol. The summed E-state index contributed by atoms with van der Waals surface area (Å²) in [7, 11) is -4.32. The van der Waals surface area contributed by atoms with Gasteiger partial charge in [-0.3, -0.25) is 9.52 Å². The van der Waals surface area contributed by atoms with E-state index < -0.39 is 32.5 Å². The molecule has 0 heterocycles. The van der Waals surface area contributed by atoms with Crippen molar-refractivity contribution in [2.24, 2.45) is 0 Å². The molecule has 0 spiro atoms. The van der Waals surface area contributed by atoms with E-state index in [1.54, 1.807) is 12.1 Å². The molecule has 134 valence electrons. The molecule has 1 unspecified atom stereocenters. The van der Waals surface area contributed by atoms with Crippen LogP contribution in [0.15, 0.2) is 47.4 Å². The maximum absolute atomic E-state index is 13.8. The van der Waals surface area contributed by atoms with E-state index in [0.29, 0.717) is 12.5 Å². The van der Waals surface area contributed by atoms with Gasteiger partial charge in [0.05, 0.1) is 11.3 Å². The standard InChI is InChI=1S/C17H18F2N2O3S/c1-3-11(2)20-17(22)13-6-4-5-7-15(13)21-25(23,24)16-9-8-12(18)10-14(16)19/h4-11,21H,3H2,1-2H3,(H,20,22). The number of para-hydroxylation sites is 1. The van der Waals surface area contributed by atoms with Crippen molar-refractivity contribution in [3.63, 3.8) is 0 Å². The molecule has 2 aromatic carbocycles. The van der Waals surface area contributed by atoms with E-state index in [9.17, 15) is 22.0 Å². The lowest BCUT2D eigenvalue weighted by molar-refractivity contribution is 0.0940. The zero-order valence-corrected chi connectivity index (χ0v) is 14.5. The third-order valence-corrected chi connectivity index (χ3v) is 4.99. The van der Waals surface area contributed by atoms with Gasteiger partial charge in [0, 0.05) is 12.1 Å². The summed E-state index contributed by atoms with van der Waals surface area (Å²) in [5, 5.41) is 2.73. The summed E-state index contributed by atoms with van der Waals surface area (Å²) in [5.41, 5.74) is 0.112. The van der Waals surface area contributed by atoms with Gasteiger partial charge in [-0.15, -0.1) is 0 Å². The van der Waals surface area contributed by atoms with Crippen molar-refractivity contribution in [1.82, 2.24) is 5.32 Å². The van der Waals surface area contributed by atoms with Crippen LogP contribution in [0.25, 0.3) is 0 Å². The maximum Gasteiger partial charge on any atom is 0.264 e. The molecule has 0 aliphatic heterocycles. The highest BCUT2D eigenvalue weighted by Gasteiger charge is 2.22. The van der Waals surface area contributed by atoms with Gasteiger partial charge >= 0.3 is 0 Å². The number of carbonyl (C=O) groups is 1. The lowest BCUT2D eigenvalue weighted by Gasteiger charge is -2.15. The van der Waals surface area contributed by atoms with E-state index in [1.807, 2.05) is 13.8 Å². The average Bonchev–Trinajstić information content (AvgIpc) is 2.54. The van der Waals surface area contributed by atoms with Gasteiger partial charge in [-0.05, 0) is 37.6 Å². The number of amides is 1. The number of anilines is 1. The van der Waals surface area contributed by atoms with Crippen LogP contribution >= 0.6 is 0 Å². The van der Waals surface area contributed by atoms with Crippen molar-refractivity contribution in [3.8, 4) is 0 Å². The summed E-state index contributed by atoms with van der Waals surface area (Å²) in [6.45, 7) is 3.72. The Morgan fingerprint density at radius 1 is 1.16 bits per heavy atom. The molecule has 8 heteroatoms. The van der Waals surface area contributed by atoms with Crippen LogP contribution in [0.2, 0.25) is 0 Å². The molecule has 0 radical (unpaired) electrons. The Morgan fingerprint density at radius 2 is 1.84 bits per heavy atom. The Balaban J connectivity index is 2.35. The Bertz CT molecular complexity index is 885. The van der Waals surface area contributed by atoms with E-state index in [4.69, 9.17) is 0 Å². The second-order valence-corrected chi connectivity index (χ2v) is 7.16. The Labute approximate surface area is 145 Å². The van der Waals surface area contributed by atoms with Crippen molar-refractivity contribution in [3.05, 3.63) is 59.7 Å². The van der Waals surface area contributed by atoms with Gasteiger partial charge in [-0.2, -0.15) is 0 Å². The second kappa shape index (κ2) is 7.60. The van der Waals surface area contributed by atoms with E-state index in [1.165, 1.54) is 12.1 Å². The van der Waals surface area contributed by atoms with Crippen molar-refractivity contribution >= 4 is 21.6 Å². The molecular weight excluding hydrogens is 350 g/mol. The van der Waals surface area contributed by atoms with Crippen LogP contribution in [0.5, 0.6) is 0 Å². The fraction of sp³-hybridized carbons (Fsp3) is 0.235. The Hall–Kier alpha value is -2.48. The first-order valence-electron chi connectivity index (χ1n) is 7.62. The van der Waals surface area contributed by atoms with Crippen molar-refractivity contribution in [1.29, 1.82) is 0 Å². The number of sulfonamides is 1. The van der Waals surface area contributed by atoms with Crippen molar-refractivity contribution in [2.45, 2.75) is 31.2 Å². The monoisotopic (exact) mass is 368 g/mol. The third-order valence-electron chi connectivity index (χ3n) is 3.59. The van der Waals surface area contributed by atoms with Gasteiger partial charge in [0.15, 0.2) is 0 Å². The van der Waals surface area contributed by atoms with Crippen molar-refractivity contribution < 1.29 is 22.0 Å². The molecule has 0 fully saturated rings. The minimum Gasteiger partial charge on any atom is -0.350 e. The molecule has 2 N–H and O–H groups in total. The highest BCUT2D eigenvalue weighted by atomic mass is 32.2. The fourth-order valence-corrected chi connectivity index (χ4v) is 3.21. The van der Waals surface area contributed by atoms with E-state index in [2.05, 4.69) is 10.0 Å². The van der Waals surface area contributed by atoms with E-state index in [0.717, 1.165) is 12.1 Å². The van der Waals surface area contributed by atoms with Crippen LogP contribution in [0, 0.1) is 11.6 Å². The van der Waals surface area contributed by atoms with Gasteiger partial charge in [-0.1, -0.05) is 19.1 Å². The molecule has 0 bridgehead atoms. The van der Waals surface area contributed by atoms with Crippen LogP contribution < -0.4 is 10.0 Å². The Kier molecular flexibility index (Phi) is 5.73. The molecule has 0 saturated carbocycles. The van der Waals surface area contributed by atoms with Crippen LogP contribution in [0.1, 0.15) is 30.6 Å². The van der Waals surface area contributed by atoms with Crippen LogP contribution in [0.3, 0.4) is 0 Å². The molecule has 1 atom stereocenters. The first-order valence-corrected chi connectivity index (χ1v) is 9.10. The molecular formula is C17H18F2N2O3S. The van der Waals surface area contributed by atoms with Gasteiger partial charge in [0.2, 0.25) is 0 Å². The number of carbonyl (C=O) groups excluding carboxylic acids is 1. The fourth-order valence-electron chi connectivity index (χ4n) is 2.07.